The minimum Gasteiger partial charge on any atom is -0.324 e. The SMILES string of the molecule is Cc1ccc(Sc2ccccc2NC(=O)CC#N)c(C)c1. The summed E-state index contributed by atoms with van der Waals surface area (Å²) in [5, 5.41) is 11.3. The molecule has 3 nitrogen and oxygen atoms in total. The number of nitrogens with one attached hydrogen (secondary N) is 1. The standard InChI is InChI=1S/C17H16N2OS/c1-12-7-8-15(13(2)11-12)21-16-6-4-3-5-14(16)19-17(20)9-10-18/h3-8,11H,9H2,1-2H3,(H,19,20). The molecule has 1 amide bonds. The lowest BCUT2D eigenvalue weighted by molar-refractivity contribution is -0.115. The lowest BCUT2D eigenvalue weighted by Crippen LogP contribution is -2.10. The Morgan fingerprint density at radius 1 is 1.19 bits per heavy atom. The third-order valence-corrected chi connectivity index (χ3v) is 4.20. The second-order valence-electron chi connectivity index (χ2n) is 4.75. The van der Waals surface area contributed by atoms with E-state index in [0.29, 0.717) is 0 Å². The summed E-state index contributed by atoms with van der Waals surface area (Å²) >= 11 is 1.61. The number of carbonyl (C=O) groups excluding carboxylic acids is 1. The summed E-state index contributed by atoms with van der Waals surface area (Å²) in [6.45, 7) is 4.14. The van der Waals surface area contributed by atoms with Gasteiger partial charge >= 0.3 is 0 Å². The van der Waals surface area contributed by atoms with Crippen molar-refractivity contribution in [2.75, 3.05) is 5.32 Å². The van der Waals surface area contributed by atoms with Crippen LogP contribution in [0.3, 0.4) is 0 Å². The van der Waals surface area contributed by atoms with Gasteiger partial charge in [0.25, 0.3) is 0 Å². The van der Waals surface area contributed by atoms with Crippen LogP contribution in [0.4, 0.5) is 5.69 Å². The minimum atomic E-state index is -0.286. The van der Waals surface area contributed by atoms with E-state index >= 15 is 0 Å². The molecule has 21 heavy (non-hydrogen) atoms. The summed E-state index contributed by atoms with van der Waals surface area (Å²) in [5.74, 6) is -0.286. The van der Waals surface area contributed by atoms with Gasteiger partial charge < -0.3 is 5.32 Å². The van der Waals surface area contributed by atoms with Crippen molar-refractivity contribution in [3.05, 3.63) is 53.6 Å². The number of amides is 1. The molecule has 2 aromatic carbocycles. The predicted molar refractivity (Wildman–Crippen MR) is 85.3 cm³/mol. The van der Waals surface area contributed by atoms with E-state index in [1.807, 2.05) is 30.3 Å². The van der Waals surface area contributed by atoms with Crippen LogP contribution in [0, 0.1) is 25.2 Å². The second kappa shape index (κ2) is 6.96. The average Bonchev–Trinajstić information content (AvgIpc) is 2.44. The molecule has 0 aliphatic rings. The smallest absolute Gasteiger partial charge is 0.238 e. The first kappa shape index (κ1) is 15.1. The quantitative estimate of drug-likeness (QED) is 0.914. The minimum absolute atomic E-state index is 0.136. The third-order valence-electron chi connectivity index (χ3n) is 2.95. The van der Waals surface area contributed by atoms with E-state index in [2.05, 4.69) is 37.4 Å². The molecular formula is C17H16N2OS. The monoisotopic (exact) mass is 296 g/mol. The first-order valence-electron chi connectivity index (χ1n) is 6.61. The van der Waals surface area contributed by atoms with Gasteiger partial charge in [0.2, 0.25) is 5.91 Å². The van der Waals surface area contributed by atoms with Crippen molar-refractivity contribution in [1.82, 2.24) is 0 Å². The predicted octanol–water partition coefficient (Wildman–Crippen LogP) is 4.31. The van der Waals surface area contributed by atoms with Gasteiger partial charge in [-0.1, -0.05) is 41.6 Å². The third kappa shape index (κ3) is 4.11. The fourth-order valence-electron chi connectivity index (χ4n) is 1.96. The summed E-state index contributed by atoms with van der Waals surface area (Å²) in [6.07, 6.45) is -0.136. The van der Waals surface area contributed by atoms with Crippen LogP contribution in [-0.2, 0) is 4.79 Å². The van der Waals surface area contributed by atoms with Gasteiger partial charge in [-0.3, -0.25) is 4.79 Å². The normalized spacial score (nSPS) is 9.95. The molecule has 4 heteroatoms. The Kier molecular flexibility index (Phi) is 5.02. The molecule has 2 aromatic rings. The molecule has 2 rings (SSSR count). The molecule has 0 saturated heterocycles. The molecule has 0 spiro atoms. The number of anilines is 1. The van der Waals surface area contributed by atoms with Crippen molar-refractivity contribution in [3.8, 4) is 6.07 Å². The maximum absolute atomic E-state index is 11.6. The largest absolute Gasteiger partial charge is 0.324 e. The second-order valence-corrected chi connectivity index (χ2v) is 5.83. The number of rotatable bonds is 4. The van der Waals surface area contributed by atoms with E-state index in [1.165, 1.54) is 11.1 Å². The fourth-order valence-corrected chi connectivity index (χ4v) is 2.93. The molecular weight excluding hydrogens is 280 g/mol. The van der Waals surface area contributed by atoms with Crippen molar-refractivity contribution in [2.24, 2.45) is 0 Å². The van der Waals surface area contributed by atoms with Crippen LogP contribution in [0.25, 0.3) is 0 Å². The zero-order chi connectivity index (χ0) is 15.2. The number of carbonyl (C=O) groups is 1. The molecule has 0 unspecified atom stereocenters. The Morgan fingerprint density at radius 3 is 2.67 bits per heavy atom. The van der Waals surface area contributed by atoms with E-state index in [9.17, 15) is 4.79 Å². The zero-order valence-corrected chi connectivity index (χ0v) is 12.8. The van der Waals surface area contributed by atoms with Crippen molar-refractivity contribution >= 4 is 23.4 Å². The molecule has 0 aliphatic carbocycles. The van der Waals surface area contributed by atoms with Crippen LogP contribution < -0.4 is 5.32 Å². The Hall–Kier alpha value is -2.25. The van der Waals surface area contributed by atoms with Crippen molar-refractivity contribution in [1.29, 1.82) is 5.26 Å². The maximum Gasteiger partial charge on any atom is 0.238 e. The highest BCUT2D eigenvalue weighted by atomic mass is 32.2. The van der Waals surface area contributed by atoms with E-state index in [-0.39, 0.29) is 12.3 Å². The summed E-state index contributed by atoms with van der Waals surface area (Å²) in [5.41, 5.74) is 3.17. The Labute approximate surface area is 129 Å². The lowest BCUT2D eigenvalue weighted by Gasteiger charge is -2.11. The molecule has 106 valence electrons. The summed E-state index contributed by atoms with van der Waals surface area (Å²) < 4.78 is 0. The Morgan fingerprint density at radius 2 is 1.95 bits per heavy atom. The van der Waals surface area contributed by atoms with Crippen LogP contribution in [0.2, 0.25) is 0 Å². The molecule has 0 radical (unpaired) electrons. The van der Waals surface area contributed by atoms with Crippen molar-refractivity contribution in [2.45, 2.75) is 30.1 Å². The lowest BCUT2D eigenvalue weighted by atomic mass is 10.2. The summed E-state index contributed by atoms with van der Waals surface area (Å²) in [4.78, 5) is 13.7. The van der Waals surface area contributed by atoms with E-state index in [4.69, 9.17) is 5.26 Å². The molecule has 0 saturated carbocycles. The van der Waals surface area contributed by atoms with Gasteiger partial charge in [0.15, 0.2) is 0 Å². The van der Waals surface area contributed by atoms with Gasteiger partial charge in [-0.15, -0.1) is 0 Å². The van der Waals surface area contributed by atoms with Gasteiger partial charge in [-0.2, -0.15) is 5.26 Å². The summed E-state index contributed by atoms with van der Waals surface area (Å²) in [6, 6.07) is 15.8. The molecule has 0 aromatic heterocycles. The van der Waals surface area contributed by atoms with E-state index in [1.54, 1.807) is 11.8 Å². The first-order chi connectivity index (χ1) is 10.1. The number of nitriles is 1. The fraction of sp³-hybridized carbons (Fsp3) is 0.176. The highest BCUT2D eigenvalue weighted by molar-refractivity contribution is 7.99. The number of hydrogen-bond donors (Lipinski definition) is 1. The number of benzene rings is 2. The maximum atomic E-state index is 11.6. The van der Waals surface area contributed by atoms with Crippen LogP contribution in [0.15, 0.2) is 52.3 Å². The van der Waals surface area contributed by atoms with E-state index in [0.717, 1.165) is 15.5 Å². The van der Waals surface area contributed by atoms with E-state index < -0.39 is 0 Å². The van der Waals surface area contributed by atoms with Crippen LogP contribution in [-0.4, -0.2) is 5.91 Å². The van der Waals surface area contributed by atoms with Crippen LogP contribution in [0.1, 0.15) is 17.5 Å². The molecule has 0 aliphatic heterocycles. The average molecular weight is 296 g/mol. The van der Waals surface area contributed by atoms with Crippen molar-refractivity contribution in [3.63, 3.8) is 0 Å². The van der Waals surface area contributed by atoms with Gasteiger partial charge in [0, 0.05) is 9.79 Å². The molecule has 0 fully saturated rings. The number of hydrogen-bond acceptors (Lipinski definition) is 3. The van der Waals surface area contributed by atoms with Crippen LogP contribution >= 0.6 is 11.8 Å². The topological polar surface area (TPSA) is 52.9 Å². The number of nitrogens with zero attached hydrogens (tertiary/aromatic N) is 1. The molecule has 1 N–H and O–H groups in total. The highest BCUT2D eigenvalue weighted by Crippen LogP contribution is 2.35. The number of para-hydroxylation sites is 1. The molecule has 0 bridgehead atoms. The molecule has 0 heterocycles. The zero-order valence-electron chi connectivity index (χ0n) is 12.0. The molecule has 0 atom stereocenters. The van der Waals surface area contributed by atoms with Gasteiger partial charge in [-0.25, -0.2) is 0 Å². The Bertz CT molecular complexity index is 704. The van der Waals surface area contributed by atoms with Gasteiger partial charge in [0.1, 0.15) is 6.42 Å². The number of aryl methyl sites for hydroxylation is 2. The van der Waals surface area contributed by atoms with Crippen molar-refractivity contribution < 1.29 is 4.79 Å². The first-order valence-corrected chi connectivity index (χ1v) is 7.42. The van der Waals surface area contributed by atoms with Gasteiger partial charge in [-0.05, 0) is 37.6 Å². The summed E-state index contributed by atoms with van der Waals surface area (Å²) in [7, 11) is 0. The van der Waals surface area contributed by atoms with Crippen LogP contribution in [0.5, 0.6) is 0 Å². The Balaban J connectivity index is 2.24. The van der Waals surface area contributed by atoms with Gasteiger partial charge in [0.05, 0.1) is 11.8 Å². The highest BCUT2D eigenvalue weighted by Gasteiger charge is 2.08.